The van der Waals surface area contributed by atoms with Crippen LogP contribution in [0.5, 0.6) is 0 Å². The van der Waals surface area contributed by atoms with Gasteiger partial charge in [-0.2, -0.15) is 0 Å². The lowest BCUT2D eigenvalue weighted by Crippen LogP contribution is -2.28. The number of hydrogen-bond acceptors (Lipinski definition) is 3. The van der Waals surface area contributed by atoms with Gasteiger partial charge in [0.15, 0.2) is 0 Å². The summed E-state index contributed by atoms with van der Waals surface area (Å²) in [5, 5.41) is 11.8. The zero-order valence-corrected chi connectivity index (χ0v) is 15.1. The number of carbonyl (C=O) groups excluding carboxylic acids is 2. The highest BCUT2D eigenvalue weighted by Crippen LogP contribution is 2.33. The first kappa shape index (κ1) is 17.9. The summed E-state index contributed by atoms with van der Waals surface area (Å²) in [6.45, 7) is 5.90. The molecular weight excluding hydrogens is 328 g/mol. The number of rotatable bonds is 4. The Hall–Kier alpha value is -2.92. The summed E-state index contributed by atoms with van der Waals surface area (Å²) in [6, 6.07) is 12.8. The van der Waals surface area contributed by atoms with Gasteiger partial charge in [-0.1, -0.05) is 35.9 Å². The van der Waals surface area contributed by atoms with E-state index in [1.807, 2.05) is 26.8 Å². The van der Waals surface area contributed by atoms with Crippen LogP contribution in [0, 0.1) is 6.92 Å². The molecule has 0 heterocycles. The Morgan fingerprint density at radius 2 is 1.85 bits per heavy atom. The number of allylic oxidation sites excluding steroid dienone is 1. The number of aryl methyl sites for hydroxylation is 1. The van der Waals surface area contributed by atoms with Gasteiger partial charge in [0, 0.05) is 17.6 Å². The lowest BCUT2D eigenvalue weighted by atomic mass is 10.0. The molecule has 0 bridgehead atoms. The predicted molar refractivity (Wildman–Crippen MR) is 99.7 cm³/mol. The third-order valence-corrected chi connectivity index (χ3v) is 4.86. The molecule has 1 unspecified atom stereocenters. The molecule has 0 aliphatic heterocycles. The molecule has 0 radical (unpaired) electrons. The van der Waals surface area contributed by atoms with E-state index in [1.165, 1.54) is 11.1 Å². The molecule has 1 atom stereocenters. The molecule has 1 aliphatic carbocycles. The summed E-state index contributed by atoms with van der Waals surface area (Å²) >= 11 is 0. The van der Waals surface area contributed by atoms with Gasteiger partial charge in [0.2, 0.25) is 5.91 Å². The van der Waals surface area contributed by atoms with E-state index in [0.717, 1.165) is 22.3 Å². The molecule has 2 aromatic carbocycles. The van der Waals surface area contributed by atoms with Crippen molar-refractivity contribution in [3.8, 4) is 0 Å². The molecular formula is C21H22N2O3. The van der Waals surface area contributed by atoms with Gasteiger partial charge in [-0.3, -0.25) is 14.8 Å². The van der Waals surface area contributed by atoms with E-state index < -0.39 is 5.91 Å². The number of hydroxylamine groups is 1. The van der Waals surface area contributed by atoms with Crippen LogP contribution in [0.15, 0.2) is 48.0 Å². The Bertz CT molecular complexity index is 915. The van der Waals surface area contributed by atoms with Crippen molar-refractivity contribution in [3.05, 3.63) is 75.9 Å². The van der Waals surface area contributed by atoms with Crippen LogP contribution in [-0.4, -0.2) is 17.0 Å². The third-order valence-electron chi connectivity index (χ3n) is 4.86. The first-order chi connectivity index (χ1) is 12.4. The lowest BCUT2D eigenvalue weighted by molar-refractivity contribution is -0.118. The van der Waals surface area contributed by atoms with Crippen molar-refractivity contribution in [2.45, 2.75) is 33.2 Å². The summed E-state index contributed by atoms with van der Waals surface area (Å²) in [5.41, 5.74) is 8.04. The molecule has 0 saturated carbocycles. The van der Waals surface area contributed by atoms with Crippen LogP contribution in [-0.2, 0) is 11.2 Å². The summed E-state index contributed by atoms with van der Waals surface area (Å²) in [5.74, 6) is -0.675. The average molecular weight is 350 g/mol. The zero-order valence-electron chi connectivity index (χ0n) is 15.1. The standard InChI is InChI=1S/C21H22N2O3/c1-12-7-8-16-11-19(13(2)18(16)9-12)21(25)22-14(3)15-5-4-6-17(10-15)20(24)23-26/h4-10,14,26H,11H2,1-3H3,(H,22,25)(H,23,24). The molecule has 2 aromatic rings. The normalized spacial score (nSPS) is 14.0. The van der Waals surface area contributed by atoms with Crippen molar-refractivity contribution in [1.82, 2.24) is 10.8 Å². The fourth-order valence-electron chi connectivity index (χ4n) is 3.31. The van der Waals surface area contributed by atoms with E-state index in [0.29, 0.717) is 12.0 Å². The Balaban J connectivity index is 1.77. The van der Waals surface area contributed by atoms with Crippen LogP contribution in [0.25, 0.3) is 5.57 Å². The molecule has 0 fully saturated rings. The lowest BCUT2D eigenvalue weighted by Gasteiger charge is -2.16. The molecule has 5 nitrogen and oxygen atoms in total. The second-order valence-corrected chi connectivity index (χ2v) is 6.70. The minimum absolute atomic E-state index is 0.0964. The fourth-order valence-corrected chi connectivity index (χ4v) is 3.31. The maximum atomic E-state index is 12.8. The minimum atomic E-state index is -0.578. The number of fused-ring (bicyclic) bond motifs is 1. The molecule has 0 saturated heterocycles. The van der Waals surface area contributed by atoms with Gasteiger partial charge in [-0.25, -0.2) is 5.48 Å². The molecule has 0 aromatic heterocycles. The molecule has 1 aliphatic rings. The zero-order chi connectivity index (χ0) is 18.8. The van der Waals surface area contributed by atoms with Crippen LogP contribution < -0.4 is 10.8 Å². The monoisotopic (exact) mass is 350 g/mol. The van der Waals surface area contributed by atoms with Gasteiger partial charge in [0.05, 0.1) is 6.04 Å². The maximum absolute atomic E-state index is 12.8. The SMILES string of the molecule is CC1=C(C(=O)NC(C)c2cccc(C(=O)NO)c2)Cc2ccc(C)cc21. The van der Waals surface area contributed by atoms with Gasteiger partial charge >= 0.3 is 0 Å². The topological polar surface area (TPSA) is 78.4 Å². The van der Waals surface area contributed by atoms with E-state index in [1.54, 1.807) is 23.7 Å². The quantitative estimate of drug-likeness (QED) is 0.585. The van der Waals surface area contributed by atoms with Crippen LogP contribution >= 0.6 is 0 Å². The highest BCUT2D eigenvalue weighted by Gasteiger charge is 2.24. The van der Waals surface area contributed by atoms with Gasteiger partial charge in [-0.15, -0.1) is 0 Å². The van der Waals surface area contributed by atoms with E-state index >= 15 is 0 Å². The first-order valence-electron chi connectivity index (χ1n) is 8.55. The van der Waals surface area contributed by atoms with E-state index in [4.69, 9.17) is 5.21 Å². The Labute approximate surface area is 152 Å². The molecule has 2 amide bonds. The maximum Gasteiger partial charge on any atom is 0.274 e. The third kappa shape index (κ3) is 3.39. The van der Waals surface area contributed by atoms with Crippen LogP contribution in [0.1, 0.15) is 52.5 Å². The number of benzene rings is 2. The second kappa shape index (κ2) is 7.14. The van der Waals surface area contributed by atoms with Crippen molar-refractivity contribution < 1.29 is 14.8 Å². The van der Waals surface area contributed by atoms with Crippen molar-refractivity contribution in [1.29, 1.82) is 0 Å². The van der Waals surface area contributed by atoms with Crippen molar-refractivity contribution >= 4 is 17.4 Å². The summed E-state index contributed by atoms with van der Waals surface area (Å²) in [4.78, 5) is 24.3. The van der Waals surface area contributed by atoms with E-state index in [2.05, 4.69) is 23.5 Å². The Morgan fingerprint density at radius 3 is 2.58 bits per heavy atom. The molecule has 5 heteroatoms. The van der Waals surface area contributed by atoms with Crippen LogP contribution in [0.3, 0.4) is 0 Å². The number of amides is 2. The van der Waals surface area contributed by atoms with Crippen molar-refractivity contribution in [2.75, 3.05) is 0 Å². The molecule has 134 valence electrons. The summed E-state index contributed by atoms with van der Waals surface area (Å²) in [7, 11) is 0. The second-order valence-electron chi connectivity index (χ2n) is 6.70. The highest BCUT2D eigenvalue weighted by atomic mass is 16.5. The summed E-state index contributed by atoms with van der Waals surface area (Å²) in [6.07, 6.45) is 0.632. The fraction of sp³-hybridized carbons (Fsp3) is 0.238. The van der Waals surface area contributed by atoms with Gasteiger partial charge < -0.3 is 5.32 Å². The van der Waals surface area contributed by atoms with Gasteiger partial charge in [0.25, 0.3) is 5.91 Å². The minimum Gasteiger partial charge on any atom is -0.346 e. The average Bonchev–Trinajstić information content (AvgIpc) is 2.97. The molecule has 3 rings (SSSR count). The molecule has 26 heavy (non-hydrogen) atoms. The predicted octanol–water partition coefficient (Wildman–Crippen LogP) is 3.32. The van der Waals surface area contributed by atoms with E-state index in [-0.39, 0.29) is 11.9 Å². The Kier molecular flexibility index (Phi) is 4.91. The number of hydrogen-bond donors (Lipinski definition) is 3. The van der Waals surface area contributed by atoms with Crippen LogP contribution in [0.4, 0.5) is 0 Å². The van der Waals surface area contributed by atoms with Crippen molar-refractivity contribution in [2.24, 2.45) is 0 Å². The summed E-state index contributed by atoms with van der Waals surface area (Å²) < 4.78 is 0. The smallest absolute Gasteiger partial charge is 0.274 e. The van der Waals surface area contributed by atoms with E-state index in [9.17, 15) is 9.59 Å². The van der Waals surface area contributed by atoms with Crippen LogP contribution in [0.2, 0.25) is 0 Å². The van der Waals surface area contributed by atoms with Gasteiger partial charge in [-0.05, 0) is 55.2 Å². The number of nitrogens with one attached hydrogen (secondary N) is 2. The Morgan fingerprint density at radius 1 is 1.08 bits per heavy atom. The molecule has 3 N–H and O–H groups in total. The highest BCUT2D eigenvalue weighted by molar-refractivity contribution is 6.04. The first-order valence-corrected chi connectivity index (χ1v) is 8.55. The van der Waals surface area contributed by atoms with Gasteiger partial charge in [0.1, 0.15) is 0 Å². The number of carbonyl (C=O) groups is 2. The van der Waals surface area contributed by atoms with Crippen molar-refractivity contribution in [3.63, 3.8) is 0 Å². The molecule has 0 spiro atoms. The largest absolute Gasteiger partial charge is 0.346 e.